The molecule has 0 unspecified atom stereocenters. The van der Waals surface area contributed by atoms with E-state index < -0.39 is 6.04 Å². The maximum absolute atomic E-state index is 13.4. The summed E-state index contributed by atoms with van der Waals surface area (Å²) in [7, 11) is 0. The molecule has 0 fully saturated rings. The quantitative estimate of drug-likeness (QED) is 0.465. The number of ether oxygens (including phenoxy) is 1. The van der Waals surface area contributed by atoms with Gasteiger partial charge in [0.05, 0.1) is 6.10 Å². The Hall–Kier alpha value is -2.73. The molecular weight excluding hydrogens is 407 g/mol. The summed E-state index contributed by atoms with van der Waals surface area (Å²) >= 11 is 0. The summed E-state index contributed by atoms with van der Waals surface area (Å²) in [5.74, 6) is -0.608. The van der Waals surface area contributed by atoms with Crippen LogP contribution < -0.4 is 5.32 Å². The van der Waals surface area contributed by atoms with E-state index in [4.69, 9.17) is 4.74 Å². The summed E-state index contributed by atoms with van der Waals surface area (Å²) in [5, 5.41) is 2.98. The van der Waals surface area contributed by atoms with Crippen molar-refractivity contribution in [3.63, 3.8) is 0 Å². The second kappa shape index (κ2) is 13.6. The number of rotatable bonds is 13. The van der Waals surface area contributed by atoms with Crippen LogP contribution in [-0.2, 0) is 27.3 Å². The number of benzene rings is 2. The van der Waals surface area contributed by atoms with Crippen molar-refractivity contribution in [1.82, 2.24) is 10.2 Å². The molecule has 0 heterocycles. The van der Waals surface area contributed by atoms with E-state index in [0.717, 1.165) is 11.1 Å². The molecule has 0 saturated carbocycles. The molecule has 0 saturated heterocycles. The van der Waals surface area contributed by atoms with Crippen LogP contribution in [0.3, 0.4) is 0 Å². The molecule has 2 aromatic rings. The normalized spacial score (nSPS) is 11.9. The molecule has 6 heteroatoms. The van der Waals surface area contributed by atoms with Crippen LogP contribution in [-0.4, -0.2) is 42.0 Å². The fourth-order valence-corrected chi connectivity index (χ4v) is 3.42. The molecule has 0 aromatic heterocycles. The van der Waals surface area contributed by atoms with Crippen molar-refractivity contribution in [2.45, 2.75) is 65.1 Å². The minimum Gasteiger partial charge on any atom is -0.379 e. The number of nitrogens with one attached hydrogen (secondary N) is 1. The van der Waals surface area contributed by atoms with Gasteiger partial charge in [-0.15, -0.1) is 0 Å². The van der Waals surface area contributed by atoms with Crippen LogP contribution in [0.4, 0.5) is 4.39 Å². The van der Waals surface area contributed by atoms with Gasteiger partial charge in [-0.3, -0.25) is 9.59 Å². The molecule has 2 amide bonds. The highest BCUT2D eigenvalue weighted by Gasteiger charge is 2.29. The predicted octanol–water partition coefficient (Wildman–Crippen LogP) is 4.50. The minimum absolute atomic E-state index is 0.0870. The van der Waals surface area contributed by atoms with Gasteiger partial charge in [-0.2, -0.15) is 0 Å². The van der Waals surface area contributed by atoms with Crippen LogP contribution in [0.1, 0.15) is 51.2 Å². The molecule has 5 nitrogen and oxygen atoms in total. The summed E-state index contributed by atoms with van der Waals surface area (Å²) < 4.78 is 18.9. The van der Waals surface area contributed by atoms with Gasteiger partial charge in [0.2, 0.25) is 11.8 Å². The van der Waals surface area contributed by atoms with Crippen molar-refractivity contribution in [2.24, 2.45) is 0 Å². The number of carbonyl (C=O) groups excluding carboxylic acids is 2. The number of nitrogens with zero attached hydrogens (tertiary/aromatic N) is 1. The lowest BCUT2D eigenvalue weighted by Crippen LogP contribution is -2.50. The minimum atomic E-state index is -0.660. The molecule has 0 spiro atoms. The number of hydrogen-bond acceptors (Lipinski definition) is 3. The van der Waals surface area contributed by atoms with Crippen LogP contribution in [0, 0.1) is 5.82 Å². The zero-order chi connectivity index (χ0) is 23.3. The Morgan fingerprint density at radius 3 is 2.34 bits per heavy atom. The Morgan fingerprint density at radius 1 is 1.03 bits per heavy atom. The average molecular weight is 443 g/mol. The monoisotopic (exact) mass is 442 g/mol. The topological polar surface area (TPSA) is 58.6 Å². The predicted molar refractivity (Wildman–Crippen MR) is 125 cm³/mol. The first-order valence-corrected chi connectivity index (χ1v) is 11.4. The second-order valence-electron chi connectivity index (χ2n) is 8.17. The van der Waals surface area contributed by atoms with Crippen LogP contribution >= 0.6 is 0 Å². The fraction of sp³-hybridized carbons (Fsp3) is 0.462. The Morgan fingerprint density at radius 2 is 1.72 bits per heavy atom. The first-order valence-electron chi connectivity index (χ1n) is 11.4. The van der Waals surface area contributed by atoms with Crippen molar-refractivity contribution >= 4 is 11.8 Å². The molecule has 1 atom stereocenters. The van der Waals surface area contributed by atoms with E-state index in [2.05, 4.69) is 5.32 Å². The molecule has 1 N–H and O–H groups in total. The second-order valence-corrected chi connectivity index (χ2v) is 8.17. The fourth-order valence-electron chi connectivity index (χ4n) is 3.42. The van der Waals surface area contributed by atoms with E-state index in [1.807, 2.05) is 51.1 Å². The zero-order valence-electron chi connectivity index (χ0n) is 19.4. The van der Waals surface area contributed by atoms with Gasteiger partial charge in [0.15, 0.2) is 0 Å². The molecule has 0 radical (unpaired) electrons. The molecule has 2 rings (SSSR count). The van der Waals surface area contributed by atoms with E-state index in [-0.39, 0.29) is 30.3 Å². The first-order chi connectivity index (χ1) is 15.4. The highest BCUT2D eigenvalue weighted by atomic mass is 19.1. The molecule has 32 heavy (non-hydrogen) atoms. The van der Waals surface area contributed by atoms with E-state index >= 15 is 0 Å². The summed E-state index contributed by atoms with van der Waals surface area (Å²) in [4.78, 5) is 27.9. The molecule has 0 bridgehead atoms. The maximum Gasteiger partial charge on any atom is 0.243 e. The van der Waals surface area contributed by atoms with Crippen LogP contribution in [0.15, 0.2) is 54.6 Å². The van der Waals surface area contributed by atoms with E-state index in [9.17, 15) is 14.0 Å². The van der Waals surface area contributed by atoms with Crippen LogP contribution in [0.5, 0.6) is 0 Å². The Labute approximate surface area is 191 Å². The van der Waals surface area contributed by atoms with Gasteiger partial charge in [0.25, 0.3) is 0 Å². The highest BCUT2D eigenvalue weighted by molar-refractivity contribution is 5.88. The van der Waals surface area contributed by atoms with Crippen molar-refractivity contribution < 1.29 is 18.7 Å². The summed E-state index contributed by atoms with van der Waals surface area (Å²) in [5.41, 5.74) is 1.76. The Balaban J connectivity index is 2.21. The molecule has 174 valence electrons. The number of hydrogen-bond donors (Lipinski definition) is 1. The van der Waals surface area contributed by atoms with Crippen LogP contribution in [0.2, 0.25) is 0 Å². The van der Waals surface area contributed by atoms with Gasteiger partial charge >= 0.3 is 0 Å². The highest BCUT2D eigenvalue weighted by Crippen LogP contribution is 2.16. The maximum atomic E-state index is 13.4. The average Bonchev–Trinajstić information content (AvgIpc) is 2.77. The van der Waals surface area contributed by atoms with E-state index in [1.54, 1.807) is 17.0 Å². The van der Waals surface area contributed by atoms with Crippen molar-refractivity contribution in [1.29, 1.82) is 0 Å². The van der Waals surface area contributed by atoms with Gasteiger partial charge in [0, 0.05) is 32.5 Å². The summed E-state index contributed by atoms with van der Waals surface area (Å²) in [6.07, 6.45) is 2.29. The molecule has 0 aliphatic carbocycles. The van der Waals surface area contributed by atoms with Gasteiger partial charge in [-0.25, -0.2) is 4.39 Å². The van der Waals surface area contributed by atoms with Crippen molar-refractivity contribution in [2.75, 3.05) is 13.2 Å². The van der Waals surface area contributed by atoms with Gasteiger partial charge in [-0.1, -0.05) is 49.4 Å². The molecule has 2 aromatic carbocycles. The van der Waals surface area contributed by atoms with Crippen molar-refractivity contribution in [3.8, 4) is 0 Å². The number of halogens is 1. The van der Waals surface area contributed by atoms with E-state index in [1.165, 1.54) is 12.1 Å². The lowest BCUT2D eigenvalue weighted by atomic mass is 10.0. The Bertz CT molecular complexity index is 825. The third-order valence-corrected chi connectivity index (χ3v) is 5.07. The molecule has 0 aliphatic heterocycles. The molecular formula is C26H35FN2O3. The number of amides is 2. The Kier molecular flexibility index (Phi) is 10.9. The lowest BCUT2D eigenvalue weighted by Gasteiger charge is -2.31. The SMILES string of the molecule is CCCC(=O)N(Cc1ccc(F)cc1)[C@@H](Cc1ccccc1)C(=O)NCCCOC(C)C. The summed E-state index contributed by atoms with van der Waals surface area (Å²) in [6, 6.07) is 15.1. The largest absolute Gasteiger partial charge is 0.379 e. The number of carbonyl (C=O) groups is 2. The first kappa shape index (κ1) is 25.5. The third kappa shape index (κ3) is 8.79. The van der Waals surface area contributed by atoms with E-state index in [0.29, 0.717) is 38.8 Å². The zero-order valence-corrected chi connectivity index (χ0v) is 19.4. The van der Waals surface area contributed by atoms with Gasteiger partial charge in [-0.05, 0) is 49.9 Å². The van der Waals surface area contributed by atoms with Crippen molar-refractivity contribution in [3.05, 3.63) is 71.5 Å². The van der Waals surface area contributed by atoms with Crippen LogP contribution in [0.25, 0.3) is 0 Å². The summed E-state index contributed by atoms with van der Waals surface area (Å²) in [6.45, 7) is 7.18. The third-order valence-electron chi connectivity index (χ3n) is 5.07. The lowest BCUT2D eigenvalue weighted by molar-refractivity contribution is -0.141. The smallest absolute Gasteiger partial charge is 0.243 e. The standard InChI is InChI=1S/C26H35FN2O3/c1-4-9-25(30)29(19-22-12-14-23(27)15-13-22)24(18-21-10-6-5-7-11-21)26(31)28-16-8-17-32-20(2)3/h5-7,10-15,20,24H,4,8-9,16-19H2,1-3H3,(H,28,31)/t24-/m0/s1. The molecule has 0 aliphatic rings. The van der Waals surface area contributed by atoms with Gasteiger partial charge < -0.3 is 15.0 Å². The van der Waals surface area contributed by atoms with Gasteiger partial charge in [0.1, 0.15) is 11.9 Å².